The van der Waals surface area contributed by atoms with Gasteiger partial charge in [0.05, 0.1) is 10.6 Å². The molecule has 4 nitrogen and oxygen atoms in total. The van der Waals surface area contributed by atoms with E-state index in [1.54, 1.807) is 11.3 Å². The molecular formula is C14H20N4S. The third kappa shape index (κ3) is 1.96. The van der Waals surface area contributed by atoms with Crippen molar-refractivity contribution in [3.8, 4) is 11.4 Å². The minimum absolute atomic E-state index is 0.351. The molecule has 19 heavy (non-hydrogen) atoms. The van der Waals surface area contributed by atoms with E-state index in [-0.39, 0.29) is 0 Å². The monoisotopic (exact) mass is 276 g/mol. The van der Waals surface area contributed by atoms with Crippen LogP contribution in [0.4, 0.5) is 5.00 Å². The van der Waals surface area contributed by atoms with E-state index in [0.29, 0.717) is 6.04 Å². The molecule has 0 saturated carbocycles. The maximum atomic E-state index is 6.27. The topological polar surface area (TPSA) is 56.7 Å². The van der Waals surface area contributed by atoms with Crippen LogP contribution in [-0.2, 0) is 12.8 Å². The highest BCUT2D eigenvalue weighted by Crippen LogP contribution is 2.42. The summed E-state index contributed by atoms with van der Waals surface area (Å²) in [6.07, 6.45) is 4.83. The highest BCUT2D eigenvalue weighted by Gasteiger charge is 2.25. The summed E-state index contributed by atoms with van der Waals surface area (Å²) < 4.78 is 2.19. The maximum absolute atomic E-state index is 6.27. The van der Waals surface area contributed by atoms with E-state index in [2.05, 4.69) is 28.6 Å². The minimum Gasteiger partial charge on any atom is -0.390 e. The van der Waals surface area contributed by atoms with Gasteiger partial charge in [-0.15, -0.1) is 21.5 Å². The summed E-state index contributed by atoms with van der Waals surface area (Å²) in [5, 5.41) is 9.54. The van der Waals surface area contributed by atoms with Gasteiger partial charge in [0.15, 0.2) is 5.82 Å². The molecule has 1 aliphatic rings. The van der Waals surface area contributed by atoms with E-state index < -0.39 is 0 Å². The van der Waals surface area contributed by atoms with Crippen LogP contribution in [-0.4, -0.2) is 14.8 Å². The second kappa shape index (κ2) is 4.63. The summed E-state index contributed by atoms with van der Waals surface area (Å²) in [6, 6.07) is 0.351. The van der Waals surface area contributed by atoms with Crippen molar-refractivity contribution in [2.45, 2.75) is 52.5 Å². The van der Waals surface area contributed by atoms with Crippen LogP contribution in [0.5, 0.6) is 0 Å². The lowest BCUT2D eigenvalue weighted by atomic mass is 9.95. The molecule has 0 fully saturated rings. The molecule has 0 atom stereocenters. The van der Waals surface area contributed by atoms with E-state index in [4.69, 9.17) is 5.73 Å². The summed E-state index contributed by atoms with van der Waals surface area (Å²) in [4.78, 5) is 1.45. The Bertz CT molecular complexity index is 609. The van der Waals surface area contributed by atoms with Crippen LogP contribution in [0.2, 0.25) is 0 Å². The van der Waals surface area contributed by atoms with Gasteiger partial charge in [-0.3, -0.25) is 0 Å². The van der Waals surface area contributed by atoms with E-state index in [1.165, 1.54) is 29.7 Å². The smallest absolute Gasteiger partial charge is 0.167 e. The first-order valence-electron chi connectivity index (χ1n) is 6.91. The van der Waals surface area contributed by atoms with Crippen LogP contribution in [0.3, 0.4) is 0 Å². The van der Waals surface area contributed by atoms with Crippen molar-refractivity contribution >= 4 is 16.3 Å². The third-order valence-corrected chi connectivity index (χ3v) is 4.93. The number of hydrogen-bond donors (Lipinski definition) is 1. The van der Waals surface area contributed by atoms with Gasteiger partial charge >= 0.3 is 0 Å². The van der Waals surface area contributed by atoms with Crippen molar-refractivity contribution in [1.29, 1.82) is 0 Å². The number of aromatic nitrogens is 3. The van der Waals surface area contributed by atoms with E-state index >= 15 is 0 Å². The van der Waals surface area contributed by atoms with Crippen LogP contribution in [0.25, 0.3) is 11.4 Å². The number of thiophene rings is 1. The first-order valence-corrected chi connectivity index (χ1v) is 7.73. The zero-order chi connectivity index (χ0) is 13.6. The lowest BCUT2D eigenvalue weighted by Gasteiger charge is -2.15. The van der Waals surface area contributed by atoms with Gasteiger partial charge in [-0.05, 0) is 52.0 Å². The fourth-order valence-corrected chi connectivity index (χ4v) is 4.15. The van der Waals surface area contributed by atoms with Crippen molar-refractivity contribution in [1.82, 2.24) is 14.8 Å². The Morgan fingerprint density at radius 3 is 2.68 bits per heavy atom. The van der Waals surface area contributed by atoms with Gasteiger partial charge in [0.1, 0.15) is 5.82 Å². The molecule has 2 aromatic rings. The van der Waals surface area contributed by atoms with Crippen molar-refractivity contribution in [3.05, 3.63) is 16.3 Å². The van der Waals surface area contributed by atoms with Crippen molar-refractivity contribution in [2.24, 2.45) is 0 Å². The molecule has 0 aliphatic heterocycles. The second-order valence-electron chi connectivity index (χ2n) is 5.48. The number of nitrogens with two attached hydrogens (primary N) is 1. The molecule has 2 N–H and O–H groups in total. The molecular weight excluding hydrogens is 256 g/mol. The molecule has 0 amide bonds. The number of aryl methyl sites for hydroxylation is 2. The lowest BCUT2D eigenvalue weighted by molar-refractivity contribution is 0.587. The average molecular weight is 276 g/mol. The first kappa shape index (κ1) is 12.7. The van der Waals surface area contributed by atoms with Crippen LogP contribution >= 0.6 is 11.3 Å². The van der Waals surface area contributed by atoms with Crippen molar-refractivity contribution in [2.75, 3.05) is 5.73 Å². The van der Waals surface area contributed by atoms with Gasteiger partial charge in [-0.1, -0.05) is 0 Å². The van der Waals surface area contributed by atoms with E-state index in [1.807, 2.05) is 6.92 Å². The van der Waals surface area contributed by atoms with Crippen molar-refractivity contribution in [3.63, 3.8) is 0 Å². The lowest BCUT2D eigenvalue weighted by Crippen LogP contribution is -2.08. The largest absolute Gasteiger partial charge is 0.390 e. The number of hydrogen-bond acceptors (Lipinski definition) is 4. The Labute approximate surface area is 117 Å². The molecule has 0 saturated heterocycles. The molecule has 2 heterocycles. The average Bonchev–Trinajstić information content (AvgIpc) is 2.88. The van der Waals surface area contributed by atoms with Gasteiger partial charge in [0.25, 0.3) is 0 Å². The number of nitrogens with zero attached hydrogens (tertiary/aromatic N) is 3. The van der Waals surface area contributed by atoms with Crippen molar-refractivity contribution < 1.29 is 0 Å². The van der Waals surface area contributed by atoms with Gasteiger partial charge in [-0.25, -0.2) is 0 Å². The fraction of sp³-hybridized carbons (Fsp3) is 0.571. The molecule has 102 valence electrons. The molecule has 0 spiro atoms. The Balaban J connectivity index is 2.20. The summed E-state index contributed by atoms with van der Waals surface area (Å²) >= 11 is 1.74. The number of anilines is 1. The molecule has 3 rings (SSSR count). The first-order chi connectivity index (χ1) is 9.09. The van der Waals surface area contributed by atoms with Gasteiger partial charge < -0.3 is 10.3 Å². The highest BCUT2D eigenvalue weighted by molar-refractivity contribution is 7.16. The summed E-state index contributed by atoms with van der Waals surface area (Å²) in [5.74, 6) is 1.91. The predicted octanol–water partition coefficient (Wildman–Crippen LogP) is 3.36. The van der Waals surface area contributed by atoms with Crippen LogP contribution < -0.4 is 5.73 Å². The Morgan fingerprint density at radius 2 is 1.95 bits per heavy atom. The minimum atomic E-state index is 0.351. The summed E-state index contributed by atoms with van der Waals surface area (Å²) in [5.41, 5.74) is 8.84. The number of rotatable bonds is 2. The van der Waals surface area contributed by atoms with E-state index in [0.717, 1.165) is 28.6 Å². The molecule has 0 aromatic carbocycles. The Hall–Kier alpha value is -1.36. The molecule has 2 aromatic heterocycles. The zero-order valence-corrected chi connectivity index (χ0v) is 12.5. The van der Waals surface area contributed by atoms with Gasteiger partial charge in [-0.2, -0.15) is 0 Å². The SMILES string of the molecule is Cc1nnc(-c2c(N)sc3c2CCCC3)n1C(C)C. The van der Waals surface area contributed by atoms with Gasteiger partial charge in [0.2, 0.25) is 0 Å². The van der Waals surface area contributed by atoms with Crippen LogP contribution in [0.1, 0.15) is 49.0 Å². The van der Waals surface area contributed by atoms with Gasteiger partial charge in [0, 0.05) is 10.9 Å². The normalized spacial score (nSPS) is 14.9. The molecule has 0 radical (unpaired) electrons. The molecule has 5 heteroatoms. The number of fused-ring (bicyclic) bond motifs is 1. The predicted molar refractivity (Wildman–Crippen MR) is 79.5 cm³/mol. The maximum Gasteiger partial charge on any atom is 0.167 e. The standard InChI is InChI=1S/C14H20N4S/c1-8(2)18-9(3)16-17-14(18)12-10-6-4-5-7-11(10)19-13(12)15/h8H,4-7,15H2,1-3H3. The fourth-order valence-electron chi connectivity index (χ4n) is 2.99. The zero-order valence-electron chi connectivity index (χ0n) is 11.7. The molecule has 1 aliphatic carbocycles. The molecule has 0 bridgehead atoms. The second-order valence-corrected chi connectivity index (χ2v) is 6.62. The Kier molecular flexibility index (Phi) is 3.09. The van der Waals surface area contributed by atoms with Crippen LogP contribution in [0, 0.1) is 6.92 Å². The van der Waals surface area contributed by atoms with Crippen LogP contribution in [0.15, 0.2) is 0 Å². The van der Waals surface area contributed by atoms with E-state index in [9.17, 15) is 0 Å². The highest BCUT2D eigenvalue weighted by atomic mass is 32.1. The molecule has 0 unspecified atom stereocenters. The summed E-state index contributed by atoms with van der Waals surface area (Å²) in [6.45, 7) is 6.33. The summed E-state index contributed by atoms with van der Waals surface area (Å²) in [7, 11) is 0. The quantitative estimate of drug-likeness (QED) is 0.915. The Morgan fingerprint density at radius 1 is 1.21 bits per heavy atom. The third-order valence-electron chi connectivity index (χ3n) is 3.80. The number of nitrogen functional groups attached to an aromatic ring is 1.